The first-order chi connectivity index (χ1) is 10.4. The molecule has 0 saturated heterocycles. The molecule has 0 N–H and O–H groups in total. The van der Waals surface area contributed by atoms with Crippen LogP contribution in [0.1, 0.15) is 69.8 Å². The van der Waals surface area contributed by atoms with Gasteiger partial charge in [-0.2, -0.15) is 11.1 Å². The maximum Gasteiger partial charge on any atom is 0.180 e. The Bertz CT molecular complexity index is 473. The Labute approximate surface area is 141 Å². The van der Waals surface area contributed by atoms with Gasteiger partial charge < -0.3 is 0 Å². The lowest BCUT2D eigenvalue weighted by atomic mass is 9.77. The average Bonchev–Trinajstić information content (AvgIpc) is 2.47. The van der Waals surface area contributed by atoms with Crippen LogP contribution in [0.2, 0.25) is 13.1 Å². The number of halogens is 2. The molecule has 1 aromatic rings. The van der Waals surface area contributed by atoms with E-state index in [0.29, 0.717) is 5.92 Å². The van der Waals surface area contributed by atoms with Gasteiger partial charge in [-0.15, -0.1) is 0 Å². The Balaban J connectivity index is 1.94. The van der Waals surface area contributed by atoms with Gasteiger partial charge in [0.05, 0.1) is 0 Å². The molecule has 1 aliphatic rings. The molecule has 0 radical (unpaired) electrons. The molecular weight excluding hydrogens is 311 g/mol. The summed E-state index contributed by atoms with van der Waals surface area (Å²) in [5, 5.41) is 1.00. The van der Waals surface area contributed by atoms with E-state index in [0.717, 1.165) is 29.5 Å². The van der Waals surface area contributed by atoms with E-state index >= 15 is 0 Å². The molecule has 0 atom stereocenters. The van der Waals surface area contributed by atoms with Gasteiger partial charge in [-0.1, -0.05) is 57.8 Å². The summed E-state index contributed by atoms with van der Waals surface area (Å²) < 4.78 is 14.5. The highest BCUT2D eigenvalue weighted by molar-refractivity contribution is 7.26. The minimum atomic E-state index is -1.93. The molecule has 0 spiro atoms. The molecule has 1 aliphatic carbocycles. The number of rotatable bonds is 6. The van der Waals surface area contributed by atoms with E-state index < -0.39 is 7.38 Å². The Morgan fingerprint density at radius 1 is 1.14 bits per heavy atom. The first-order valence-electron chi connectivity index (χ1n) is 8.90. The average molecular weight is 341 g/mol. The highest BCUT2D eigenvalue weighted by Crippen LogP contribution is 2.38. The lowest BCUT2D eigenvalue weighted by molar-refractivity contribution is 0.299. The van der Waals surface area contributed by atoms with Crippen LogP contribution in [0, 0.1) is 11.7 Å². The van der Waals surface area contributed by atoms with Gasteiger partial charge >= 0.3 is 0 Å². The maximum absolute atomic E-state index is 14.5. The smallest absolute Gasteiger partial charge is 0.180 e. The molecule has 3 heteroatoms. The molecule has 1 saturated carbocycles. The largest absolute Gasteiger partial charge is 0.207 e. The van der Waals surface area contributed by atoms with Crippen molar-refractivity contribution < 1.29 is 4.39 Å². The van der Waals surface area contributed by atoms with Crippen molar-refractivity contribution in [2.75, 3.05) is 0 Å². The summed E-state index contributed by atoms with van der Waals surface area (Å²) in [4.78, 5) is 0. The van der Waals surface area contributed by atoms with E-state index in [1.165, 1.54) is 38.5 Å². The fourth-order valence-electron chi connectivity index (χ4n) is 3.67. The highest BCUT2D eigenvalue weighted by Gasteiger charge is 2.26. The van der Waals surface area contributed by atoms with Gasteiger partial charge in [0.15, 0.2) is 7.38 Å². The lowest BCUT2D eigenvalue weighted by Gasteiger charge is -2.29. The van der Waals surface area contributed by atoms with Gasteiger partial charge in [0.2, 0.25) is 0 Å². The quantitative estimate of drug-likeness (QED) is 0.322. The molecule has 2 rings (SSSR count). The summed E-state index contributed by atoms with van der Waals surface area (Å²) >= 11 is 6.42. The van der Waals surface area contributed by atoms with Crippen LogP contribution in [0.4, 0.5) is 4.39 Å². The van der Waals surface area contributed by atoms with E-state index in [1.54, 1.807) is 6.07 Å². The zero-order valence-electron chi connectivity index (χ0n) is 14.3. The zero-order valence-corrected chi connectivity index (χ0v) is 16.1. The maximum atomic E-state index is 14.5. The summed E-state index contributed by atoms with van der Waals surface area (Å²) in [6, 6.07) is 5.76. The van der Waals surface area contributed by atoms with E-state index in [4.69, 9.17) is 11.1 Å². The lowest BCUT2D eigenvalue weighted by Crippen LogP contribution is -2.35. The normalized spacial score (nSPS) is 22.8. The topological polar surface area (TPSA) is 0 Å². The summed E-state index contributed by atoms with van der Waals surface area (Å²) in [7, 11) is -1.93. The Kier molecular flexibility index (Phi) is 6.52. The molecule has 0 nitrogen and oxygen atoms in total. The minimum absolute atomic E-state index is 0.0341. The summed E-state index contributed by atoms with van der Waals surface area (Å²) in [5.74, 6) is 1.25. The van der Waals surface area contributed by atoms with E-state index in [-0.39, 0.29) is 5.82 Å². The SMILES string of the molecule is CCCCCC1CCC(c2ccc([Si](C)(C)Cl)cc2F)CC1. The molecule has 0 heterocycles. The highest BCUT2D eigenvalue weighted by atomic mass is 35.6. The first-order valence-corrected chi connectivity index (χ1v) is 12.9. The van der Waals surface area contributed by atoms with Crippen molar-refractivity contribution in [3.05, 3.63) is 29.6 Å². The molecule has 0 aromatic heterocycles. The minimum Gasteiger partial charge on any atom is -0.207 e. The summed E-state index contributed by atoms with van der Waals surface area (Å²) in [5.41, 5.74) is 0.922. The van der Waals surface area contributed by atoms with Gasteiger partial charge in [0.1, 0.15) is 5.82 Å². The molecule has 0 bridgehead atoms. The Morgan fingerprint density at radius 3 is 2.36 bits per heavy atom. The summed E-state index contributed by atoms with van der Waals surface area (Å²) in [6.07, 6.45) is 10.2. The molecule has 124 valence electrons. The van der Waals surface area contributed by atoms with Gasteiger partial charge in [-0.3, -0.25) is 0 Å². The van der Waals surface area contributed by atoms with Crippen molar-refractivity contribution in [3.63, 3.8) is 0 Å². The van der Waals surface area contributed by atoms with E-state index in [2.05, 4.69) is 13.0 Å². The Morgan fingerprint density at radius 2 is 1.82 bits per heavy atom. The fourth-order valence-corrected chi connectivity index (χ4v) is 4.98. The van der Waals surface area contributed by atoms with Crippen molar-refractivity contribution in [2.24, 2.45) is 5.92 Å². The van der Waals surface area contributed by atoms with E-state index in [1.807, 2.05) is 19.2 Å². The molecule has 0 unspecified atom stereocenters. The van der Waals surface area contributed by atoms with Crippen LogP contribution < -0.4 is 5.19 Å². The molecular formula is C19H30ClFSi. The monoisotopic (exact) mass is 340 g/mol. The number of benzene rings is 1. The number of hydrogen-bond donors (Lipinski definition) is 0. The van der Waals surface area contributed by atoms with Gasteiger partial charge in [0.25, 0.3) is 0 Å². The predicted molar refractivity (Wildman–Crippen MR) is 98.2 cm³/mol. The summed E-state index contributed by atoms with van der Waals surface area (Å²) in [6.45, 7) is 6.35. The van der Waals surface area contributed by atoms with Crippen LogP contribution in [-0.2, 0) is 0 Å². The second-order valence-corrected chi connectivity index (χ2v) is 13.8. The van der Waals surface area contributed by atoms with Crippen molar-refractivity contribution in [2.45, 2.75) is 77.3 Å². The van der Waals surface area contributed by atoms with E-state index in [9.17, 15) is 4.39 Å². The molecule has 22 heavy (non-hydrogen) atoms. The van der Waals surface area contributed by atoms with Crippen LogP contribution in [0.25, 0.3) is 0 Å². The number of unbranched alkanes of at least 4 members (excludes halogenated alkanes) is 2. The van der Waals surface area contributed by atoms with Crippen LogP contribution in [0.3, 0.4) is 0 Å². The second-order valence-electron chi connectivity index (χ2n) is 7.42. The number of hydrogen-bond acceptors (Lipinski definition) is 0. The molecule has 0 aliphatic heterocycles. The van der Waals surface area contributed by atoms with Crippen molar-refractivity contribution in [1.29, 1.82) is 0 Å². The van der Waals surface area contributed by atoms with Crippen molar-refractivity contribution in [1.82, 2.24) is 0 Å². The van der Waals surface area contributed by atoms with Crippen LogP contribution in [0.5, 0.6) is 0 Å². The van der Waals surface area contributed by atoms with Crippen LogP contribution in [0.15, 0.2) is 18.2 Å². The molecule has 1 fully saturated rings. The van der Waals surface area contributed by atoms with Crippen LogP contribution >= 0.6 is 11.1 Å². The first kappa shape index (κ1) is 18.0. The van der Waals surface area contributed by atoms with Crippen LogP contribution in [-0.4, -0.2) is 7.38 Å². The van der Waals surface area contributed by atoms with Gasteiger partial charge in [-0.25, -0.2) is 4.39 Å². The third-order valence-corrected chi connectivity index (χ3v) is 7.53. The standard InChI is InChI=1S/C19H30ClFSi/c1-4-5-6-7-15-8-10-16(11-9-15)18-13-12-17(14-19(18)21)22(2,3)20/h12-16H,4-11H2,1-3H3. The van der Waals surface area contributed by atoms with Gasteiger partial charge in [0, 0.05) is 0 Å². The zero-order chi connectivity index (χ0) is 16.2. The second kappa shape index (κ2) is 7.96. The van der Waals surface area contributed by atoms with Crippen molar-refractivity contribution in [3.8, 4) is 0 Å². The molecule has 1 aromatic carbocycles. The van der Waals surface area contributed by atoms with Gasteiger partial charge in [-0.05, 0) is 54.3 Å². The third kappa shape index (κ3) is 4.83. The Hall–Kier alpha value is -0.343. The fraction of sp³-hybridized carbons (Fsp3) is 0.684. The predicted octanol–water partition coefficient (Wildman–Crippen LogP) is 6.33. The van der Waals surface area contributed by atoms with Crippen molar-refractivity contribution >= 4 is 23.6 Å². The molecule has 0 amide bonds. The third-order valence-electron chi connectivity index (χ3n) is 5.19.